The lowest BCUT2D eigenvalue weighted by Gasteiger charge is -2.16. The SMILES string of the molecule is CC(C)OC(=O)NS(=O)(=O)N(C)CC(=O)O. The summed E-state index contributed by atoms with van der Waals surface area (Å²) in [5, 5.41) is 8.38. The molecule has 0 saturated carbocycles. The number of carboxylic acids is 1. The summed E-state index contributed by atoms with van der Waals surface area (Å²) in [6.45, 7) is 2.35. The van der Waals surface area contributed by atoms with Crippen molar-refractivity contribution in [3.05, 3.63) is 0 Å². The van der Waals surface area contributed by atoms with Crippen molar-refractivity contribution in [1.29, 1.82) is 0 Å². The highest BCUT2D eigenvalue weighted by Gasteiger charge is 2.23. The first kappa shape index (κ1) is 14.6. The number of hydrogen-bond donors (Lipinski definition) is 2. The Kier molecular flexibility index (Phi) is 5.18. The Morgan fingerprint density at radius 1 is 1.44 bits per heavy atom. The summed E-state index contributed by atoms with van der Waals surface area (Å²) in [7, 11) is -3.15. The van der Waals surface area contributed by atoms with Crippen LogP contribution in [0.25, 0.3) is 0 Å². The second-order valence-corrected chi connectivity index (χ2v) is 4.99. The topological polar surface area (TPSA) is 113 Å². The highest BCUT2D eigenvalue weighted by molar-refractivity contribution is 7.87. The van der Waals surface area contributed by atoms with E-state index in [-0.39, 0.29) is 0 Å². The van der Waals surface area contributed by atoms with E-state index in [2.05, 4.69) is 4.74 Å². The fourth-order valence-electron chi connectivity index (χ4n) is 0.697. The van der Waals surface area contributed by atoms with Crippen molar-refractivity contribution in [3.8, 4) is 0 Å². The molecule has 0 aliphatic rings. The molecule has 0 unspecified atom stereocenters. The van der Waals surface area contributed by atoms with E-state index in [4.69, 9.17) is 5.11 Å². The quantitative estimate of drug-likeness (QED) is 0.676. The molecule has 0 heterocycles. The molecule has 0 spiro atoms. The summed E-state index contributed by atoms with van der Waals surface area (Å²) in [6.07, 6.45) is -1.62. The zero-order chi connectivity index (χ0) is 12.9. The van der Waals surface area contributed by atoms with E-state index in [1.54, 1.807) is 18.6 Å². The Morgan fingerprint density at radius 2 is 1.94 bits per heavy atom. The van der Waals surface area contributed by atoms with E-state index in [9.17, 15) is 18.0 Å². The molecule has 0 aromatic carbocycles. The smallest absolute Gasteiger partial charge is 0.422 e. The number of carbonyl (C=O) groups excluding carboxylic acids is 1. The van der Waals surface area contributed by atoms with Crippen LogP contribution in [-0.4, -0.2) is 49.6 Å². The minimum absolute atomic E-state index is 0.472. The van der Waals surface area contributed by atoms with E-state index in [1.807, 2.05) is 0 Å². The molecule has 94 valence electrons. The van der Waals surface area contributed by atoms with Crippen LogP contribution in [0.2, 0.25) is 0 Å². The highest BCUT2D eigenvalue weighted by atomic mass is 32.2. The van der Waals surface area contributed by atoms with Crippen LogP contribution in [0.5, 0.6) is 0 Å². The maximum absolute atomic E-state index is 11.3. The molecule has 2 N–H and O–H groups in total. The maximum Gasteiger partial charge on any atom is 0.422 e. The van der Waals surface area contributed by atoms with E-state index in [0.29, 0.717) is 4.31 Å². The third kappa shape index (κ3) is 5.51. The summed E-state index contributed by atoms with van der Waals surface area (Å²) in [6, 6.07) is 0. The number of hydrogen-bond acceptors (Lipinski definition) is 5. The Morgan fingerprint density at radius 3 is 2.31 bits per heavy atom. The highest BCUT2D eigenvalue weighted by Crippen LogP contribution is 1.96. The predicted octanol–water partition coefficient (Wildman–Crippen LogP) is -0.618. The Hall–Kier alpha value is -1.35. The molecular weight excluding hydrogens is 240 g/mol. The first-order chi connectivity index (χ1) is 7.15. The van der Waals surface area contributed by atoms with Crippen molar-refractivity contribution in [2.24, 2.45) is 0 Å². The average Bonchev–Trinajstić information content (AvgIpc) is 1.98. The van der Waals surface area contributed by atoms with Crippen molar-refractivity contribution in [3.63, 3.8) is 0 Å². The molecule has 0 aliphatic carbocycles. The number of aliphatic carboxylic acids is 1. The number of ether oxygens (including phenoxy) is 1. The van der Waals surface area contributed by atoms with Gasteiger partial charge in [-0.2, -0.15) is 12.7 Å². The maximum atomic E-state index is 11.3. The molecule has 0 aromatic rings. The standard InChI is InChI=1S/C7H14N2O6S/c1-5(2)15-7(12)8-16(13,14)9(3)4-6(10)11/h5H,4H2,1-3H3,(H,8,12)(H,10,11). The van der Waals surface area contributed by atoms with Gasteiger partial charge in [-0.15, -0.1) is 0 Å². The van der Waals surface area contributed by atoms with E-state index < -0.39 is 34.9 Å². The lowest BCUT2D eigenvalue weighted by atomic mass is 10.5. The monoisotopic (exact) mass is 254 g/mol. The van der Waals surface area contributed by atoms with E-state index in [0.717, 1.165) is 7.05 Å². The van der Waals surface area contributed by atoms with E-state index >= 15 is 0 Å². The molecule has 0 radical (unpaired) electrons. The summed E-state index contributed by atoms with van der Waals surface area (Å²) >= 11 is 0. The van der Waals surface area contributed by atoms with Crippen LogP contribution in [0.1, 0.15) is 13.8 Å². The molecule has 0 rings (SSSR count). The van der Waals surface area contributed by atoms with Gasteiger partial charge in [0.05, 0.1) is 6.10 Å². The van der Waals surface area contributed by atoms with Crippen LogP contribution in [0.15, 0.2) is 0 Å². The molecule has 1 amide bonds. The Labute approximate surface area is 93.4 Å². The fourth-order valence-corrected chi connectivity index (χ4v) is 1.39. The number of nitrogens with zero attached hydrogens (tertiary/aromatic N) is 1. The number of carboxylic acid groups (broad SMARTS) is 1. The molecule has 9 heteroatoms. The summed E-state index contributed by atoms with van der Waals surface area (Å²) < 4.78 is 29.2. The third-order valence-electron chi connectivity index (χ3n) is 1.32. The van der Waals surface area contributed by atoms with Gasteiger partial charge in [0.2, 0.25) is 0 Å². The Balaban J connectivity index is 4.45. The molecule has 0 bridgehead atoms. The van der Waals surface area contributed by atoms with Crippen molar-refractivity contribution in [2.45, 2.75) is 20.0 Å². The third-order valence-corrected chi connectivity index (χ3v) is 2.70. The lowest BCUT2D eigenvalue weighted by Crippen LogP contribution is -2.44. The van der Waals surface area contributed by atoms with E-state index in [1.165, 1.54) is 0 Å². The van der Waals surface area contributed by atoms with Gasteiger partial charge in [-0.1, -0.05) is 0 Å². The van der Waals surface area contributed by atoms with Crippen molar-refractivity contribution >= 4 is 22.3 Å². The molecule has 0 saturated heterocycles. The minimum atomic E-state index is -4.17. The van der Waals surface area contributed by atoms with Gasteiger partial charge in [0, 0.05) is 7.05 Å². The first-order valence-corrected chi connectivity index (χ1v) is 5.75. The van der Waals surface area contributed by atoms with Gasteiger partial charge in [-0.05, 0) is 13.8 Å². The molecule has 0 atom stereocenters. The van der Waals surface area contributed by atoms with Gasteiger partial charge in [0.25, 0.3) is 0 Å². The zero-order valence-corrected chi connectivity index (χ0v) is 9.94. The fraction of sp³-hybridized carbons (Fsp3) is 0.714. The summed E-state index contributed by atoms with van der Waals surface area (Å²) in [5.41, 5.74) is 0. The molecular formula is C7H14N2O6S. The second kappa shape index (κ2) is 5.66. The van der Waals surface area contributed by atoms with Gasteiger partial charge in [-0.3, -0.25) is 4.79 Å². The molecule has 8 nitrogen and oxygen atoms in total. The van der Waals surface area contributed by atoms with Crippen LogP contribution in [-0.2, 0) is 19.7 Å². The predicted molar refractivity (Wildman–Crippen MR) is 53.9 cm³/mol. The van der Waals surface area contributed by atoms with Crippen LogP contribution in [0, 0.1) is 0 Å². The van der Waals surface area contributed by atoms with Crippen LogP contribution in [0.3, 0.4) is 0 Å². The molecule has 0 aromatic heterocycles. The molecule has 0 fully saturated rings. The zero-order valence-electron chi connectivity index (χ0n) is 9.13. The largest absolute Gasteiger partial charge is 0.480 e. The van der Waals surface area contributed by atoms with Gasteiger partial charge in [0.15, 0.2) is 0 Å². The first-order valence-electron chi connectivity index (χ1n) is 4.31. The van der Waals surface area contributed by atoms with Gasteiger partial charge in [-0.25, -0.2) is 9.52 Å². The number of carbonyl (C=O) groups is 2. The van der Waals surface area contributed by atoms with Gasteiger partial charge in [0.1, 0.15) is 6.54 Å². The summed E-state index contributed by atoms with van der Waals surface area (Å²) in [4.78, 5) is 21.2. The van der Waals surface area contributed by atoms with Crippen LogP contribution < -0.4 is 4.72 Å². The van der Waals surface area contributed by atoms with Gasteiger partial charge < -0.3 is 9.84 Å². The van der Waals surface area contributed by atoms with Crippen molar-refractivity contribution < 1.29 is 27.9 Å². The van der Waals surface area contributed by atoms with Crippen LogP contribution in [0.4, 0.5) is 4.79 Å². The normalized spacial score (nSPS) is 11.6. The number of rotatable bonds is 5. The number of amides is 1. The van der Waals surface area contributed by atoms with Crippen molar-refractivity contribution in [1.82, 2.24) is 9.03 Å². The van der Waals surface area contributed by atoms with Gasteiger partial charge >= 0.3 is 22.3 Å². The molecule has 16 heavy (non-hydrogen) atoms. The van der Waals surface area contributed by atoms with Crippen LogP contribution >= 0.6 is 0 Å². The number of nitrogens with one attached hydrogen (secondary N) is 1. The summed E-state index contributed by atoms with van der Waals surface area (Å²) in [5.74, 6) is -1.33. The number of likely N-dealkylation sites (N-methyl/N-ethyl adjacent to an activating group) is 1. The lowest BCUT2D eigenvalue weighted by molar-refractivity contribution is -0.137. The Bertz CT molecular complexity index is 363. The molecule has 0 aliphatic heterocycles. The second-order valence-electron chi connectivity index (χ2n) is 3.21. The van der Waals surface area contributed by atoms with Crippen molar-refractivity contribution in [2.75, 3.05) is 13.6 Å². The average molecular weight is 254 g/mol. The minimum Gasteiger partial charge on any atom is -0.480 e.